The predicted molar refractivity (Wildman–Crippen MR) is 74.0 cm³/mol. The molecule has 0 atom stereocenters. The highest BCUT2D eigenvalue weighted by Crippen LogP contribution is 2.11. The van der Waals surface area contributed by atoms with Crippen molar-refractivity contribution >= 4 is 21.5 Å². The van der Waals surface area contributed by atoms with Crippen LogP contribution in [0.15, 0.2) is 35.3 Å². The van der Waals surface area contributed by atoms with E-state index >= 15 is 0 Å². The summed E-state index contributed by atoms with van der Waals surface area (Å²) in [7, 11) is -4.16. The Morgan fingerprint density at radius 3 is 2.16 bits per heavy atom. The Labute approximate surface area is 117 Å². The molecule has 0 fully saturated rings. The summed E-state index contributed by atoms with van der Waals surface area (Å²) >= 11 is 1.58. The van der Waals surface area contributed by atoms with Crippen LogP contribution in [0.2, 0.25) is 0 Å². The predicted octanol–water partition coefficient (Wildman–Crippen LogP) is 1.10. The van der Waals surface area contributed by atoms with E-state index in [0.717, 1.165) is 11.1 Å². The van der Waals surface area contributed by atoms with Crippen molar-refractivity contribution in [3.8, 4) is 0 Å². The van der Waals surface area contributed by atoms with E-state index in [-0.39, 0.29) is 0 Å². The number of benzene rings is 1. The number of aryl methyl sites for hydroxylation is 2. The lowest BCUT2D eigenvalue weighted by Gasteiger charge is -2.08. The average molecular weight is 300 g/mol. The molecule has 1 aromatic carbocycles. The van der Waals surface area contributed by atoms with E-state index in [2.05, 4.69) is 0 Å². The molecule has 0 aliphatic rings. The van der Waals surface area contributed by atoms with Crippen molar-refractivity contribution in [2.24, 2.45) is 0 Å². The minimum absolute atomic E-state index is 0.421. The average Bonchev–Trinajstić information content (AvgIpc) is 2.65. The Morgan fingerprint density at radius 1 is 1.26 bits per heavy atom. The smallest absolute Gasteiger partial charge is 0.254 e. The fourth-order valence-electron chi connectivity index (χ4n) is 1.60. The number of nitrogens with two attached hydrogens (primary N) is 1. The van der Waals surface area contributed by atoms with Crippen molar-refractivity contribution < 1.29 is 17.6 Å². The zero-order valence-corrected chi connectivity index (χ0v) is 12.4. The zero-order chi connectivity index (χ0) is 14.5. The minimum Gasteiger partial charge on any atom is -0.748 e. The van der Waals surface area contributed by atoms with Crippen LogP contribution < -0.4 is 10.5 Å². The van der Waals surface area contributed by atoms with Gasteiger partial charge in [-0.05, 0) is 19.4 Å². The number of nitrogens with zero attached hydrogens (tertiary/aromatic N) is 1. The lowest BCUT2D eigenvalue weighted by atomic mass is 10.1. The van der Waals surface area contributed by atoms with E-state index in [1.807, 2.05) is 30.8 Å². The quantitative estimate of drug-likeness (QED) is 0.511. The highest BCUT2D eigenvalue weighted by molar-refractivity contribution is 7.84. The molecule has 0 radical (unpaired) electrons. The fraction of sp³-hybridized carbons (Fsp3) is 0.250. The SMILES string of the molecule is Cc1cc(C)cc(CS(=O)(=O)[O-])c1.N[n+]1ccsc1. The molecule has 2 rings (SSSR count). The second-order valence-corrected chi connectivity index (χ2v) is 6.33. The first kappa shape index (κ1) is 15.6. The third-order valence-electron chi connectivity index (χ3n) is 2.12. The van der Waals surface area contributed by atoms with Crippen molar-refractivity contribution in [1.29, 1.82) is 0 Å². The van der Waals surface area contributed by atoms with E-state index < -0.39 is 15.9 Å². The van der Waals surface area contributed by atoms with Gasteiger partial charge in [-0.3, -0.25) is 0 Å². The van der Waals surface area contributed by atoms with E-state index in [0.29, 0.717) is 5.56 Å². The molecule has 0 spiro atoms. The highest BCUT2D eigenvalue weighted by atomic mass is 32.2. The maximum atomic E-state index is 10.5. The molecule has 0 amide bonds. The van der Waals surface area contributed by atoms with Crippen molar-refractivity contribution in [2.75, 3.05) is 5.84 Å². The van der Waals surface area contributed by atoms with E-state index in [4.69, 9.17) is 5.84 Å². The van der Waals surface area contributed by atoms with Crippen molar-refractivity contribution in [1.82, 2.24) is 0 Å². The lowest BCUT2D eigenvalue weighted by molar-refractivity contribution is -0.633. The number of hydrogen-bond acceptors (Lipinski definition) is 5. The molecule has 19 heavy (non-hydrogen) atoms. The third kappa shape index (κ3) is 6.90. The van der Waals surface area contributed by atoms with Crippen molar-refractivity contribution in [3.63, 3.8) is 0 Å². The number of nitrogen functional groups attached to an aromatic ring is 1. The van der Waals surface area contributed by atoms with Crippen LogP contribution in [-0.2, 0) is 15.9 Å². The molecule has 2 N–H and O–H groups in total. The van der Waals surface area contributed by atoms with Gasteiger partial charge in [-0.1, -0.05) is 45.3 Å². The first-order chi connectivity index (χ1) is 8.76. The summed E-state index contributed by atoms with van der Waals surface area (Å²) in [5.41, 5.74) is 4.32. The number of hydrogen-bond donors (Lipinski definition) is 1. The first-order valence-corrected chi connectivity index (χ1v) is 7.97. The van der Waals surface area contributed by atoms with Crippen LogP contribution in [0.25, 0.3) is 0 Å². The largest absolute Gasteiger partial charge is 0.748 e. The van der Waals surface area contributed by atoms with E-state index in [9.17, 15) is 13.0 Å². The van der Waals surface area contributed by atoms with Crippen molar-refractivity contribution in [3.05, 3.63) is 52.0 Å². The van der Waals surface area contributed by atoms with Gasteiger partial charge in [0, 0.05) is 0 Å². The highest BCUT2D eigenvalue weighted by Gasteiger charge is 2.00. The minimum atomic E-state index is -4.16. The van der Waals surface area contributed by atoms with Crippen LogP contribution in [0.1, 0.15) is 16.7 Å². The Morgan fingerprint density at radius 2 is 1.84 bits per heavy atom. The molecule has 2 aromatic rings. The Balaban J connectivity index is 0.000000250. The van der Waals surface area contributed by atoms with Gasteiger partial charge in [0.2, 0.25) is 6.20 Å². The summed E-state index contributed by atoms with van der Waals surface area (Å²) in [5, 5.41) is 1.92. The molecule has 0 bridgehead atoms. The second kappa shape index (κ2) is 6.65. The topological polar surface area (TPSA) is 87.1 Å². The molecule has 104 valence electrons. The van der Waals surface area contributed by atoms with Crippen LogP contribution in [-0.4, -0.2) is 13.0 Å². The van der Waals surface area contributed by atoms with Gasteiger partial charge < -0.3 is 4.55 Å². The van der Waals surface area contributed by atoms with Crippen LogP contribution in [0.3, 0.4) is 0 Å². The standard InChI is InChI=1S/C9H12O3S.C3H5N2S/c1-7-3-8(2)5-9(4-7)6-13(10,11)12;4-5-1-2-6-3-5/h3-5H,6H2,1-2H3,(H,10,11,12);1-3H,4H2/q;+1/p-1. The fourth-order valence-corrected chi connectivity index (χ4v) is 2.67. The maximum Gasteiger partial charge on any atom is 0.254 e. The summed E-state index contributed by atoms with van der Waals surface area (Å²) in [6.07, 6.45) is 1.80. The summed E-state index contributed by atoms with van der Waals surface area (Å²) in [6, 6.07) is 5.35. The summed E-state index contributed by atoms with van der Waals surface area (Å²) in [6.45, 7) is 3.74. The molecule has 0 unspecified atom stereocenters. The molecule has 1 aromatic heterocycles. The number of aromatic nitrogens is 1. The van der Waals surface area contributed by atoms with Gasteiger partial charge in [0.05, 0.1) is 21.3 Å². The van der Waals surface area contributed by atoms with Crippen LogP contribution in [0.4, 0.5) is 0 Å². The summed E-state index contributed by atoms with van der Waals surface area (Å²) in [5.74, 6) is 4.78. The second-order valence-electron chi connectivity index (χ2n) is 4.17. The van der Waals surface area contributed by atoms with Gasteiger partial charge in [-0.2, -0.15) is 0 Å². The monoisotopic (exact) mass is 300 g/mol. The zero-order valence-electron chi connectivity index (χ0n) is 10.7. The normalized spacial score (nSPS) is 10.7. The van der Waals surface area contributed by atoms with Gasteiger partial charge in [-0.25, -0.2) is 14.3 Å². The molecule has 0 aliphatic carbocycles. The van der Waals surface area contributed by atoms with Crippen LogP contribution in [0.5, 0.6) is 0 Å². The van der Waals surface area contributed by atoms with Gasteiger partial charge in [-0.15, -0.1) is 0 Å². The number of rotatable bonds is 2. The molecule has 7 heteroatoms. The van der Waals surface area contributed by atoms with Gasteiger partial charge in [0.15, 0.2) is 0 Å². The maximum absolute atomic E-state index is 10.5. The molecule has 5 nitrogen and oxygen atoms in total. The lowest BCUT2D eigenvalue weighted by Crippen LogP contribution is -2.40. The number of thiazole rings is 1. The third-order valence-corrected chi connectivity index (χ3v) is 3.45. The Bertz CT molecular complexity index is 602. The Kier molecular flexibility index (Phi) is 5.46. The molecule has 0 saturated carbocycles. The Hall–Kier alpha value is -1.44. The summed E-state index contributed by atoms with van der Waals surface area (Å²) in [4.78, 5) is 0. The molecular formula is C12H16N2O3S2. The van der Waals surface area contributed by atoms with E-state index in [1.54, 1.807) is 29.7 Å². The van der Waals surface area contributed by atoms with E-state index in [1.165, 1.54) is 4.68 Å². The molecule has 1 heterocycles. The first-order valence-electron chi connectivity index (χ1n) is 5.45. The van der Waals surface area contributed by atoms with Gasteiger partial charge >= 0.3 is 0 Å². The molecule has 0 aliphatic heterocycles. The van der Waals surface area contributed by atoms with Crippen molar-refractivity contribution in [2.45, 2.75) is 19.6 Å². The summed E-state index contributed by atoms with van der Waals surface area (Å²) < 4.78 is 32.9. The van der Waals surface area contributed by atoms with Crippen LogP contribution >= 0.6 is 11.3 Å². The van der Waals surface area contributed by atoms with Crippen LogP contribution in [0, 0.1) is 13.8 Å². The molecular weight excluding hydrogens is 284 g/mol. The van der Waals surface area contributed by atoms with Gasteiger partial charge in [0.25, 0.3) is 5.51 Å². The molecule has 0 saturated heterocycles. The van der Waals surface area contributed by atoms with Gasteiger partial charge in [0.1, 0.15) is 0 Å².